The van der Waals surface area contributed by atoms with Crippen LogP contribution < -0.4 is 10.6 Å². The van der Waals surface area contributed by atoms with Gasteiger partial charge in [-0.1, -0.05) is 25.1 Å². The van der Waals surface area contributed by atoms with E-state index in [1.54, 1.807) is 16.2 Å². The van der Waals surface area contributed by atoms with E-state index in [1.807, 2.05) is 63.4 Å². The Bertz CT molecular complexity index is 861. The molecular weight excluding hydrogens is 398 g/mol. The topological polar surface area (TPSA) is 70.7 Å². The Morgan fingerprint density at radius 3 is 2.60 bits per heavy atom. The summed E-state index contributed by atoms with van der Waals surface area (Å²) in [6.07, 6.45) is 1.28. The lowest BCUT2D eigenvalue weighted by Gasteiger charge is -2.24. The number of likely N-dealkylation sites (tertiary alicyclic amines) is 1. The standard InChI is InChI=1S/C23H31N3O3S/c1-16(14-18-8-7-13-30-18)21(27)25-20-10-6-5-9-19(20)24-17-11-12-26(15-17)22(28)29-23(2,3)4/h5-10,13,16-17,24H,11-12,14-15H2,1-4H3,(H,25,27)/t16-,17+/m0/s1. The smallest absolute Gasteiger partial charge is 0.410 e. The van der Waals surface area contributed by atoms with Gasteiger partial charge in [-0.05, 0) is 57.2 Å². The van der Waals surface area contributed by atoms with Crippen molar-refractivity contribution in [3.05, 3.63) is 46.7 Å². The molecule has 1 saturated heterocycles. The van der Waals surface area contributed by atoms with E-state index < -0.39 is 5.60 Å². The van der Waals surface area contributed by atoms with Crippen molar-refractivity contribution < 1.29 is 14.3 Å². The Kier molecular flexibility index (Phi) is 7.02. The summed E-state index contributed by atoms with van der Waals surface area (Å²) in [5, 5.41) is 8.57. The molecular formula is C23H31N3O3S. The van der Waals surface area contributed by atoms with Gasteiger partial charge in [0.15, 0.2) is 0 Å². The number of benzene rings is 1. The predicted octanol–water partition coefficient (Wildman–Crippen LogP) is 4.99. The number of ether oxygens (including phenoxy) is 1. The second kappa shape index (κ2) is 9.51. The zero-order valence-corrected chi connectivity index (χ0v) is 18.9. The number of hydrogen-bond acceptors (Lipinski definition) is 5. The summed E-state index contributed by atoms with van der Waals surface area (Å²) < 4.78 is 5.47. The molecule has 0 bridgehead atoms. The van der Waals surface area contributed by atoms with Crippen LogP contribution >= 0.6 is 11.3 Å². The van der Waals surface area contributed by atoms with Crippen molar-refractivity contribution in [2.75, 3.05) is 23.7 Å². The first kappa shape index (κ1) is 22.2. The van der Waals surface area contributed by atoms with Gasteiger partial charge in [-0.15, -0.1) is 11.3 Å². The molecule has 2 amide bonds. The van der Waals surface area contributed by atoms with Crippen molar-refractivity contribution in [3.63, 3.8) is 0 Å². The maximum absolute atomic E-state index is 12.7. The van der Waals surface area contributed by atoms with Gasteiger partial charge >= 0.3 is 6.09 Å². The maximum Gasteiger partial charge on any atom is 0.410 e. The maximum atomic E-state index is 12.7. The van der Waals surface area contributed by atoms with E-state index in [0.717, 1.165) is 24.2 Å². The molecule has 0 aliphatic carbocycles. The molecule has 6 nitrogen and oxygen atoms in total. The van der Waals surface area contributed by atoms with Crippen LogP contribution in [0.1, 0.15) is 39.0 Å². The Hall–Kier alpha value is -2.54. The van der Waals surface area contributed by atoms with E-state index in [9.17, 15) is 9.59 Å². The number of nitrogens with zero attached hydrogens (tertiary/aromatic N) is 1. The van der Waals surface area contributed by atoms with Gasteiger partial charge in [0.1, 0.15) is 5.60 Å². The average molecular weight is 430 g/mol. The van der Waals surface area contributed by atoms with Crippen molar-refractivity contribution >= 4 is 34.7 Å². The number of amides is 2. The highest BCUT2D eigenvalue weighted by Crippen LogP contribution is 2.26. The number of nitrogens with one attached hydrogen (secondary N) is 2. The zero-order chi connectivity index (χ0) is 21.7. The van der Waals surface area contributed by atoms with Gasteiger partial charge in [-0.3, -0.25) is 4.79 Å². The van der Waals surface area contributed by atoms with E-state index >= 15 is 0 Å². The lowest BCUT2D eigenvalue weighted by molar-refractivity contribution is -0.119. The van der Waals surface area contributed by atoms with Crippen LogP contribution in [0.2, 0.25) is 0 Å². The highest BCUT2D eigenvalue weighted by Gasteiger charge is 2.30. The Morgan fingerprint density at radius 2 is 1.93 bits per heavy atom. The van der Waals surface area contributed by atoms with Crippen LogP contribution in [0.3, 0.4) is 0 Å². The summed E-state index contributed by atoms with van der Waals surface area (Å²) in [4.78, 5) is 27.9. The van der Waals surface area contributed by atoms with Crippen LogP contribution in [0.15, 0.2) is 41.8 Å². The number of thiophene rings is 1. The summed E-state index contributed by atoms with van der Waals surface area (Å²) in [6, 6.07) is 11.9. The number of hydrogen-bond donors (Lipinski definition) is 2. The molecule has 2 atom stereocenters. The van der Waals surface area contributed by atoms with Crippen molar-refractivity contribution in [1.82, 2.24) is 4.90 Å². The molecule has 0 radical (unpaired) electrons. The highest BCUT2D eigenvalue weighted by molar-refractivity contribution is 7.09. The number of carbonyl (C=O) groups is 2. The van der Waals surface area contributed by atoms with Gasteiger partial charge in [-0.25, -0.2) is 4.79 Å². The number of para-hydroxylation sites is 2. The highest BCUT2D eigenvalue weighted by atomic mass is 32.1. The predicted molar refractivity (Wildman–Crippen MR) is 122 cm³/mol. The van der Waals surface area contributed by atoms with Crippen molar-refractivity contribution in [3.8, 4) is 0 Å². The largest absolute Gasteiger partial charge is 0.444 e. The summed E-state index contributed by atoms with van der Waals surface area (Å²) in [6.45, 7) is 8.78. The first-order valence-electron chi connectivity index (χ1n) is 10.4. The van der Waals surface area contributed by atoms with E-state index in [0.29, 0.717) is 13.1 Å². The molecule has 3 rings (SSSR count). The molecule has 0 saturated carbocycles. The van der Waals surface area contributed by atoms with Gasteiger partial charge in [0.25, 0.3) is 0 Å². The molecule has 1 fully saturated rings. The molecule has 1 aliphatic rings. The SMILES string of the molecule is C[C@@H](Cc1cccs1)C(=O)Nc1ccccc1N[C@@H]1CCN(C(=O)OC(C)(C)C)C1. The Balaban J connectivity index is 1.58. The van der Waals surface area contributed by atoms with Gasteiger partial charge in [0.05, 0.1) is 11.4 Å². The monoisotopic (exact) mass is 429 g/mol. The summed E-state index contributed by atoms with van der Waals surface area (Å²) in [7, 11) is 0. The molecule has 30 heavy (non-hydrogen) atoms. The first-order valence-corrected chi connectivity index (χ1v) is 11.3. The van der Waals surface area contributed by atoms with E-state index in [2.05, 4.69) is 16.7 Å². The number of anilines is 2. The molecule has 2 aromatic rings. The third-order valence-corrected chi connectivity index (χ3v) is 5.82. The van der Waals surface area contributed by atoms with Crippen molar-refractivity contribution in [2.45, 2.75) is 52.2 Å². The van der Waals surface area contributed by atoms with Crippen LogP contribution in [0, 0.1) is 5.92 Å². The first-order chi connectivity index (χ1) is 14.2. The fourth-order valence-corrected chi connectivity index (χ4v) is 4.22. The molecule has 1 aliphatic heterocycles. The van der Waals surface area contributed by atoms with E-state index in [1.165, 1.54) is 4.88 Å². The Labute approximate surface area is 182 Å². The summed E-state index contributed by atoms with van der Waals surface area (Å²) >= 11 is 1.67. The normalized spacial score (nSPS) is 17.5. The fraction of sp³-hybridized carbons (Fsp3) is 0.478. The average Bonchev–Trinajstić information content (AvgIpc) is 3.34. The molecule has 7 heteroatoms. The van der Waals surface area contributed by atoms with Gasteiger partial charge < -0.3 is 20.3 Å². The van der Waals surface area contributed by atoms with Crippen LogP contribution in [0.4, 0.5) is 16.2 Å². The molecule has 162 valence electrons. The van der Waals surface area contributed by atoms with Crippen molar-refractivity contribution in [2.24, 2.45) is 5.92 Å². The lowest BCUT2D eigenvalue weighted by atomic mass is 10.1. The molecule has 1 aromatic heterocycles. The van der Waals surface area contributed by atoms with Gasteiger partial charge in [-0.2, -0.15) is 0 Å². The lowest BCUT2D eigenvalue weighted by Crippen LogP contribution is -2.36. The molecule has 1 aromatic carbocycles. The third-order valence-electron chi connectivity index (χ3n) is 4.92. The zero-order valence-electron chi connectivity index (χ0n) is 18.1. The molecule has 0 spiro atoms. The van der Waals surface area contributed by atoms with E-state index in [-0.39, 0.29) is 24.0 Å². The second-order valence-corrected chi connectivity index (χ2v) is 9.81. The minimum absolute atomic E-state index is 0.000506. The second-order valence-electron chi connectivity index (χ2n) is 8.78. The van der Waals surface area contributed by atoms with Crippen LogP contribution in [-0.4, -0.2) is 41.6 Å². The van der Waals surface area contributed by atoms with Crippen LogP contribution in [0.5, 0.6) is 0 Å². The molecule has 2 heterocycles. The molecule has 2 N–H and O–H groups in total. The summed E-state index contributed by atoms with van der Waals surface area (Å²) in [5.41, 5.74) is 1.13. The Morgan fingerprint density at radius 1 is 1.20 bits per heavy atom. The minimum Gasteiger partial charge on any atom is -0.444 e. The fourth-order valence-electron chi connectivity index (χ4n) is 3.39. The molecule has 0 unspecified atom stereocenters. The number of rotatable bonds is 6. The number of carbonyl (C=O) groups excluding carboxylic acids is 2. The van der Waals surface area contributed by atoms with Gasteiger partial charge in [0, 0.05) is 29.9 Å². The van der Waals surface area contributed by atoms with Crippen molar-refractivity contribution in [1.29, 1.82) is 0 Å². The van der Waals surface area contributed by atoms with E-state index in [4.69, 9.17) is 4.74 Å². The summed E-state index contributed by atoms with van der Waals surface area (Å²) in [5.74, 6) is -0.120. The van der Waals surface area contributed by atoms with Gasteiger partial charge in [0.2, 0.25) is 5.91 Å². The third kappa shape index (κ3) is 6.23. The quantitative estimate of drug-likeness (QED) is 0.679. The van der Waals surface area contributed by atoms with Crippen LogP contribution in [-0.2, 0) is 16.0 Å². The minimum atomic E-state index is -0.501. The van der Waals surface area contributed by atoms with Crippen LogP contribution in [0.25, 0.3) is 0 Å².